The van der Waals surface area contributed by atoms with Crippen molar-refractivity contribution < 1.29 is 13.2 Å². The zero-order chi connectivity index (χ0) is 15.6. The molecule has 1 fully saturated rings. The van der Waals surface area contributed by atoms with Crippen molar-refractivity contribution >= 4 is 21.6 Å². The van der Waals surface area contributed by atoms with Gasteiger partial charge in [-0.25, -0.2) is 0 Å². The lowest BCUT2D eigenvalue weighted by atomic mass is 9.79. The van der Waals surface area contributed by atoms with Crippen molar-refractivity contribution in [2.45, 2.75) is 51.7 Å². The Kier molecular flexibility index (Phi) is 5.23. The van der Waals surface area contributed by atoms with Crippen LogP contribution in [0.1, 0.15) is 45.1 Å². The highest BCUT2D eigenvalue weighted by atomic mass is 79.9. The second kappa shape index (κ2) is 6.59. The van der Waals surface area contributed by atoms with Crippen molar-refractivity contribution in [2.75, 3.05) is 5.32 Å². The van der Waals surface area contributed by atoms with Crippen LogP contribution in [-0.4, -0.2) is 6.04 Å². The Morgan fingerprint density at radius 2 is 1.95 bits per heavy atom. The summed E-state index contributed by atoms with van der Waals surface area (Å²) in [6.07, 6.45) is -0.180. The summed E-state index contributed by atoms with van der Waals surface area (Å²) >= 11 is 3.11. The first-order valence-electron chi connectivity index (χ1n) is 7.40. The van der Waals surface area contributed by atoms with Gasteiger partial charge in [0, 0.05) is 16.2 Å². The molecule has 118 valence electrons. The van der Waals surface area contributed by atoms with Gasteiger partial charge in [0.25, 0.3) is 0 Å². The van der Waals surface area contributed by atoms with Crippen LogP contribution in [0.25, 0.3) is 0 Å². The molecule has 0 radical (unpaired) electrons. The summed E-state index contributed by atoms with van der Waals surface area (Å²) < 4.78 is 39.8. The predicted octanol–water partition coefficient (Wildman–Crippen LogP) is 6.09. The highest BCUT2D eigenvalue weighted by molar-refractivity contribution is 9.10. The first kappa shape index (κ1) is 16.7. The molecule has 1 saturated carbocycles. The molecule has 0 bridgehead atoms. The molecular formula is C16H21BrF3N. The maximum atomic E-state index is 13.1. The van der Waals surface area contributed by atoms with Gasteiger partial charge in [0.1, 0.15) is 0 Å². The quantitative estimate of drug-likeness (QED) is 0.684. The van der Waals surface area contributed by atoms with E-state index in [1.807, 2.05) is 0 Å². The third kappa shape index (κ3) is 4.38. The molecule has 0 aliphatic heterocycles. The largest absolute Gasteiger partial charge is 0.418 e. The van der Waals surface area contributed by atoms with Crippen molar-refractivity contribution in [1.82, 2.24) is 0 Å². The van der Waals surface area contributed by atoms with E-state index in [0.29, 0.717) is 16.3 Å². The zero-order valence-electron chi connectivity index (χ0n) is 12.3. The molecule has 0 saturated heterocycles. The number of hydrogen-bond donors (Lipinski definition) is 1. The number of anilines is 1. The molecule has 1 nitrogen and oxygen atoms in total. The minimum absolute atomic E-state index is 0.133. The fourth-order valence-corrected chi connectivity index (χ4v) is 3.42. The molecular weight excluding hydrogens is 343 g/mol. The topological polar surface area (TPSA) is 12.0 Å². The van der Waals surface area contributed by atoms with E-state index in [-0.39, 0.29) is 11.7 Å². The van der Waals surface area contributed by atoms with Crippen LogP contribution in [0.2, 0.25) is 0 Å². The van der Waals surface area contributed by atoms with Crippen molar-refractivity contribution in [1.29, 1.82) is 0 Å². The van der Waals surface area contributed by atoms with Crippen LogP contribution in [0.3, 0.4) is 0 Å². The summed E-state index contributed by atoms with van der Waals surface area (Å²) in [5.41, 5.74) is -0.399. The summed E-state index contributed by atoms with van der Waals surface area (Å²) in [6.45, 7) is 4.38. The second-order valence-corrected chi connectivity index (χ2v) is 7.12. The lowest BCUT2D eigenvalue weighted by Gasteiger charge is -2.33. The van der Waals surface area contributed by atoms with E-state index in [2.05, 4.69) is 35.1 Å². The summed E-state index contributed by atoms with van der Waals surface area (Å²) in [5.74, 6) is 1.18. The van der Waals surface area contributed by atoms with E-state index < -0.39 is 11.7 Å². The molecule has 1 aliphatic rings. The first-order valence-corrected chi connectivity index (χ1v) is 8.20. The van der Waals surface area contributed by atoms with E-state index in [1.54, 1.807) is 6.07 Å². The molecule has 0 amide bonds. The summed E-state index contributed by atoms with van der Waals surface area (Å²) in [5, 5.41) is 3.13. The van der Waals surface area contributed by atoms with Crippen LogP contribution < -0.4 is 5.32 Å². The van der Waals surface area contributed by atoms with Crippen LogP contribution in [0.4, 0.5) is 18.9 Å². The van der Waals surface area contributed by atoms with Crippen LogP contribution in [0.15, 0.2) is 22.7 Å². The van der Waals surface area contributed by atoms with Gasteiger partial charge in [0.05, 0.1) is 5.56 Å². The minimum atomic E-state index is -4.34. The summed E-state index contributed by atoms with van der Waals surface area (Å²) in [6, 6.07) is 4.45. The van der Waals surface area contributed by atoms with Gasteiger partial charge in [-0.1, -0.05) is 42.6 Å². The molecule has 0 spiro atoms. The van der Waals surface area contributed by atoms with Gasteiger partial charge in [-0.3, -0.25) is 0 Å². The number of alkyl halides is 3. The molecule has 2 rings (SSSR count). The standard InChI is InChI=1S/C16H21BrF3N/c1-10(2)11-4-3-5-13(8-11)21-15-7-6-12(17)9-14(15)16(18,19)20/h6-7,9-11,13,21H,3-5,8H2,1-2H3. The number of rotatable bonds is 3. The third-order valence-electron chi connectivity index (χ3n) is 4.30. The average molecular weight is 364 g/mol. The van der Waals surface area contributed by atoms with E-state index in [4.69, 9.17) is 0 Å². The SMILES string of the molecule is CC(C)C1CCCC(Nc2ccc(Br)cc2C(F)(F)F)C1. The Labute approximate surface area is 132 Å². The van der Waals surface area contributed by atoms with Gasteiger partial charge < -0.3 is 5.32 Å². The number of nitrogens with one attached hydrogen (secondary N) is 1. The molecule has 0 aromatic heterocycles. The molecule has 2 atom stereocenters. The maximum Gasteiger partial charge on any atom is 0.418 e. The number of halogens is 4. The Balaban J connectivity index is 2.16. The van der Waals surface area contributed by atoms with E-state index in [9.17, 15) is 13.2 Å². The third-order valence-corrected chi connectivity index (χ3v) is 4.80. The molecule has 1 aromatic rings. The number of hydrogen-bond acceptors (Lipinski definition) is 1. The zero-order valence-corrected chi connectivity index (χ0v) is 13.9. The normalized spacial score (nSPS) is 23.4. The van der Waals surface area contributed by atoms with Crippen molar-refractivity contribution in [2.24, 2.45) is 11.8 Å². The van der Waals surface area contributed by atoms with Crippen molar-refractivity contribution in [3.05, 3.63) is 28.2 Å². The van der Waals surface area contributed by atoms with Gasteiger partial charge in [-0.15, -0.1) is 0 Å². The summed E-state index contributed by atoms with van der Waals surface area (Å²) in [7, 11) is 0. The summed E-state index contributed by atoms with van der Waals surface area (Å²) in [4.78, 5) is 0. The predicted molar refractivity (Wildman–Crippen MR) is 83.4 cm³/mol. The van der Waals surface area contributed by atoms with E-state index >= 15 is 0 Å². The lowest BCUT2D eigenvalue weighted by molar-refractivity contribution is -0.137. The first-order chi connectivity index (χ1) is 9.77. The van der Waals surface area contributed by atoms with Gasteiger partial charge in [-0.2, -0.15) is 13.2 Å². The van der Waals surface area contributed by atoms with Crippen LogP contribution in [0, 0.1) is 11.8 Å². The Bertz CT molecular complexity index is 485. The smallest absolute Gasteiger partial charge is 0.382 e. The second-order valence-electron chi connectivity index (χ2n) is 6.20. The van der Waals surface area contributed by atoms with Crippen LogP contribution in [0.5, 0.6) is 0 Å². The van der Waals surface area contributed by atoms with Crippen LogP contribution in [-0.2, 0) is 6.18 Å². The lowest BCUT2D eigenvalue weighted by Crippen LogP contribution is -2.30. The molecule has 1 N–H and O–H groups in total. The molecule has 1 aromatic carbocycles. The van der Waals surface area contributed by atoms with Crippen molar-refractivity contribution in [3.8, 4) is 0 Å². The van der Waals surface area contributed by atoms with E-state index in [1.165, 1.54) is 12.5 Å². The van der Waals surface area contributed by atoms with Crippen LogP contribution >= 0.6 is 15.9 Å². The Morgan fingerprint density at radius 3 is 2.57 bits per heavy atom. The minimum Gasteiger partial charge on any atom is -0.382 e. The van der Waals surface area contributed by atoms with Gasteiger partial charge in [0.2, 0.25) is 0 Å². The Morgan fingerprint density at radius 1 is 1.24 bits per heavy atom. The molecule has 0 heterocycles. The fraction of sp³-hybridized carbons (Fsp3) is 0.625. The number of benzene rings is 1. The maximum absolute atomic E-state index is 13.1. The molecule has 21 heavy (non-hydrogen) atoms. The van der Waals surface area contributed by atoms with Crippen molar-refractivity contribution in [3.63, 3.8) is 0 Å². The average Bonchev–Trinajstić information content (AvgIpc) is 2.40. The van der Waals surface area contributed by atoms with Gasteiger partial charge >= 0.3 is 6.18 Å². The monoisotopic (exact) mass is 363 g/mol. The Hall–Kier alpha value is -0.710. The van der Waals surface area contributed by atoms with E-state index in [0.717, 1.165) is 25.3 Å². The molecule has 1 aliphatic carbocycles. The highest BCUT2D eigenvalue weighted by Crippen LogP contribution is 2.38. The molecule has 5 heteroatoms. The van der Waals surface area contributed by atoms with Gasteiger partial charge in [-0.05, 0) is 42.9 Å². The highest BCUT2D eigenvalue weighted by Gasteiger charge is 2.34. The molecule has 2 unspecified atom stereocenters. The fourth-order valence-electron chi connectivity index (χ4n) is 3.06. The van der Waals surface area contributed by atoms with Gasteiger partial charge in [0.15, 0.2) is 0 Å².